The molecule has 1 aliphatic rings. The smallest absolute Gasteiger partial charge is 0.257 e. The maximum Gasteiger partial charge on any atom is 0.257 e. The first-order valence-corrected chi connectivity index (χ1v) is 7.57. The van der Waals surface area contributed by atoms with Crippen LogP contribution in [0, 0.1) is 13.8 Å². The van der Waals surface area contributed by atoms with E-state index in [0.717, 1.165) is 11.3 Å². The van der Waals surface area contributed by atoms with Gasteiger partial charge in [-0.3, -0.25) is 9.59 Å². The Bertz CT molecular complexity index is 677. The van der Waals surface area contributed by atoms with Crippen molar-refractivity contribution in [3.63, 3.8) is 0 Å². The van der Waals surface area contributed by atoms with Gasteiger partial charge in [-0.05, 0) is 19.9 Å². The zero-order valence-electron chi connectivity index (χ0n) is 13.2. The number of carbonyl (C=O) groups is 2. The Kier molecular flexibility index (Phi) is 4.18. The Balaban J connectivity index is 1.56. The van der Waals surface area contributed by atoms with Gasteiger partial charge in [0.15, 0.2) is 0 Å². The van der Waals surface area contributed by atoms with Crippen LogP contribution in [0.5, 0.6) is 0 Å². The Morgan fingerprint density at radius 3 is 2.43 bits per heavy atom. The molecule has 0 N–H and O–H groups in total. The average molecular weight is 317 g/mol. The van der Waals surface area contributed by atoms with Crippen LogP contribution in [0.4, 0.5) is 0 Å². The predicted octanol–water partition coefficient (Wildman–Crippen LogP) is 1.41. The van der Waals surface area contributed by atoms with Crippen molar-refractivity contribution in [1.82, 2.24) is 15.0 Å². The molecule has 1 aliphatic heterocycles. The van der Waals surface area contributed by atoms with Gasteiger partial charge in [0.1, 0.15) is 12.0 Å². The largest absolute Gasteiger partial charge is 0.472 e. The molecule has 2 amide bonds. The van der Waals surface area contributed by atoms with Gasteiger partial charge in [0.2, 0.25) is 5.91 Å². The third-order valence-electron chi connectivity index (χ3n) is 4.20. The molecule has 2 aromatic heterocycles. The van der Waals surface area contributed by atoms with Crippen molar-refractivity contribution in [1.29, 1.82) is 0 Å². The number of nitrogens with zero attached hydrogens (tertiary/aromatic N) is 3. The van der Waals surface area contributed by atoms with E-state index in [1.807, 2.05) is 13.8 Å². The summed E-state index contributed by atoms with van der Waals surface area (Å²) in [6.45, 7) is 5.76. The second-order valence-electron chi connectivity index (χ2n) is 5.66. The molecular weight excluding hydrogens is 298 g/mol. The van der Waals surface area contributed by atoms with Gasteiger partial charge in [-0.1, -0.05) is 5.16 Å². The van der Waals surface area contributed by atoms with Gasteiger partial charge in [0.25, 0.3) is 5.91 Å². The van der Waals surface area contributed by atoms with Crippen molar-refractivity contribution in [2.24, 2.45) is 0 Å². The summed E-state index contributed by atoms with van der Waals surface area (Å²) in [6.07, 6.45) is 3.21. The van der Waals surface area contributed by atoms with Crippen LogP contribution in [0.25, 0.3) is 0 Å². The summed E-state index contributed by atoms with van der Waals surface area (Å²) in [5, 5.41) is 3.87. The molecule has 3 heterocycles. The van der Waals surface area contributed by atoms with E-state index in [-0.39, 0.29) is 18.2 Å². The van der Waals surface area contributed by atoms with Gasteiger partial charge in [0.05, 0.1) is 23.9 Å². The molecule has 2 aromatic rings. The Morgan fingerprint density at radius 1 is 1.17 bits per heavy atom. The minimum Gasteiger partial charge on any atom is -0.472 e. The molecule has 0 bridgehead atoms. The summed E-state index contributed by atoms with van der Waals surface area (Å²) in [4.78, 5) is 28.2. The number of aryl methyl sites for hydroxylation is 2. The molecule has 0 atom stereocenters. The molecule has 0 aromatic carbocycles. The number of aromatic nitrogens is 1. The number of piperazine rings is 1. The molecule has 23 heavy (non-hydrogen) atoms. The second kappa shape index (κ2) is 6.28. The number of amides is 2. The predicted molar refractivity (Wildman–Crippen MR) is 80.9 cm³/mol. The molecule has 0 aliphatic carbocycles. The standard InChI is InChI=1S/C16H19N3O4/c1-11-14(12(2)23-17-11)9-15(20)18-4-6-19(7-5-18)16(21)13-3-8-22-10-13/h3,8,10H,4-7,9H2,1-2H3. The van der Waals surface area contributed by atoms with Crippen LogP contribution in [0.15, 0.2) is 27.5 Å². The zero-order chi connectivity index (χ0) is 16.4. The van der Waals surface area contributed by atoms with Crippen molar-refractivity contribution >= 4 is 11.8 Å². The molecule has 0 unspecified atom stereocenters. The summed E-state index contributed by atoms with van der Waals surface area (Å²) in [7, 11) is 0. The summed E-state index contributed by atoms with van der Waals surface area (Å²) in [5.41, 5.74) is 2.15. The van der Waals surface area contributed by atoms with Gasteiger partial charge in [0, 0.05) is 31.7 Å². The van der Waals surface area contributed by atoms with Crippen molar-refractivity contribution in [2.45, 2.75) is 20.3 Å². The van der Waals surface area contributed by atoms with E-state index in [1.54, 1.807) is 15.9 Å². The van der Waals surface area contributed by atoms with E-state index >= 15 is 0 Å². The van der Waals surface area contributed by atoms with Crippen LogP contribution in [0.1, 0.15) is 27.4 Å². The van der Waals surface area contributed by atoms with Crippen molar-refractivity contribution < 1.29 is 18.5 Å². The number of hydrogen-bond acceptors (Lipinski definition) is 5. The first-order valence-electron chi connectivity index (χ1n) is 7.57. The highest BCUT2D eigenvalue weighted by Gasteiger charge is 2.26. The topological polar surface area (TPSA) is 79.8 Å². The minimum atomic E-state index is -0.0587. The third-order valence-corrected chi connectivity index (χ3v) is 4.20. The molecule has 1 fully saturated rings. The van der Waals surface area contributed by atoms with E-state index in [2.05, 4.69) is 5.16 Å². The summed E-state index contributed by atoms with van der Waals surface area (Å²) < 4.78 is 10.0. The fourth-order valence-electron chi connectivity index (χ4n) is 2.74. The Hall–Kier alpha value is -2.57. The Labute approximate surface area is 133 Å². The summed E-state index contributed by atoms with van der Waals surface area (Å²) in [5.74, 6) is 0.663. The van der Waals surface area contributed by atoms with Crippen LogP contribution in [-0.2, 0) is 11.2 Å². The lowest BCUT2D eigenvalue weighted by Gasteiger charge is -2.34. The number of furan rings is 1. The second-order valence-corrected chi connectivity index (χ2v) is 5.66. The lowest BCUT2D eigenvalue weighted by molar-refractivity contribution is -0.131. The lowest BCUT2D eigenvalue weighted by Crippen LogP contribution is -2.51. The maximum atomic E-state index is 12.4. The molecule has 0 saturated carbocycles. The van der Waals surface area contributed by atoms with Crippen molar-refractivity contribution in [2.75, 3.05) is 26.2 Å². The van der Waals surface area contributed by atoms with Gasteiger partial charge < -0.3 is 18.7 Å². The first kappa shape index (κ1) is 15.3. The fourth-order valence-corrected chi connectivity index (χ4v) is 2.74. The van der Waals surface area contributed by atoms with Crippen molar-refractivity contribution in [3.05, 3.63) is 41.2 Å². The third kappa shape index (κ3) is 3.13. The van der Waals surface area contributed by atoms with Gasteiger partial charge in [-0.25, -0.2) is 0 Å². The molecular formula is C16H19N3O4. The molecule has 122 valence electrons. The molecule has 7 nitrogen and oxygen atoms in total. The monoisotopic (exact) mass is 317 g/mol. The SMILES string of the molecule is Cc1noc(C)c1CC(=O)N1CCN(C(=O)c2ccoc2)CC1. The molecule has 0 radical (unpaired) electrons. The normalized spacial score (nSPS) is 15.0. The van der Waals surface area contributed by atoms with Gasteiger partial charge in [-0.2, -0.15) is 0 Å². The van der Waals surface area contributed by atoms with Crippen LogP contribution >= 0.6 is 0 Å². The maximum absolute atomic E-state index is 12.4. The van der Waals surface area contributed by atoms with E-state index in [4.69, 9.17) is 8.94 Å². The highest BCUT2D eigenvalue weighted by atomic mass is 16.5. The zero-order valence-corrected chi connectivity index (χ0v) is 13.2. The van der Waals surface area contributed by atoms with Crippen LogP contribution in [0.3, 0.4) is 0 Å². The minimum absolute atomic E-state index is 0.0369. The number of hydrogen-bond donors (Lipinski definition) is 0. The molecule has 1 saturated heterocycles. The number of rotatable bonds is 3. The highest BCUT2D eigenvalue weighted by Crippen LogP contribution is 2.15. The quantitative estimate of drug-likeness (QED) is 0.855. The average Bonchev–Trinajstić information content (AvgIpc) is 3.20. The lowest BCUT2D eigenvalue weighted by atomic mass is 10.1. The molecule has 3 rings (SSSR count). The van der Waals surface area contributed by atoms with Crippen LogP contribution < -0.4 is 0 Å². The summed E-state index contributed by atoms with van der Waals surface area (Å²) in [6, 6.07) is 1.65. The first-order chi connectivity index (χ1) is 11.1. The van der Waals surface area contributed by atoms with Gasteiger partial charge >= 0.3 is 0 Å². The van der Waals surface area contributed by atoms with Crippen molar-refractivity contribution in [3.8, 4) is 0 Å². The van der Waals surface area contributed by atoms with E-state index in [9.17, 15) is 9.59 Å². The highest BCUT2D eigenvalue weighted by molar-refractivity contribution is 5.94. The van der Waals surface area contributed by atoms with E-state index in [0.29, 0.717) is 37.5 Å². The van der Waals surface area contributed by atoms with Crippen LogP contribution in [0.2, 0.25) is 0 Å². The van der Waals surface area contributed by atoms with E-state index < -0.39 is 0 Å². The van der Waals surface area contributed by atoms with E-state index in [1.165, 1.54) is 12.5 Å². The van der Waals surface area contributed by atoms with Gasteiger partial charge in [-0.15, -0.1) is 0 Å². The molecule has 0 spiro atoms. The fraction of sp³-hybridized carbons (Fsp3) is 0.438. The molecule has 7 heteroatoms. The Morgan fingerprint density at radius 2 is 1.87 bits per heavy atom. The summed E-state index contributed by atoms with van der Waals surface area (Å²) >= 11 is 0. The number of carbonyl (C=O) groups excluding carboxylic acids is 2. The van der Waals surface area contributed by atoms with Crippen LogP contribution in [-0.4, -0.2) is 52.9 Å².